The highest BCUT2D eigenvalue weighted by Gasteiger charge is 2.14. The molecule has 0 aromatic rings. The van der Waals surface area contributed by atoms with Crippen LogP contribution in [0, 0.1) is 5.92 Å². The lowest BCUT2D eigenvalue weighted by molar-refractivity contribution is -0.122. The van der Waals surface area contributed by atoms with Crippen molar-refractivity contribution in [1.82, 2.24) is 10.6 Å². The van der Waals surface area contributed by atoms with Crippen LogP contribution in [0.4, 0.5) is 0 Å². The molecular formula is C14H30N2O2. The highest BCUT2D eigenvalue weighted by Crippen LogP contribution is 2.09. The Balaban J connectivity index is 3.83. The van der Waals surface area contributed by atoms with Crippen LogP contribution in [-0.2, 0) is 4.79 Å². The fourth-order valence-electron chi connectivity index (χ4n) is 1.92. The third-order valence-electron chi connectivity index (χ3n) is 3.17. The summed E-state index contributed by atoms with van der Waals surface area (Å²) in [6, 6.07) is -0.153. The Morgan fingerprint density at radius 2 is 1.94 bits per heavy atom. The van der Waals surface area contributed by atoms with Gasteiger partial charge in [-0.05, 0) is 38.6 Å². The molecule has 108 valence electrons. The van der Waals surface area contributed by atoms with Gasteiger partial charge >= 0.3 is 0 Å². The molecule has 0 bridgehead atoms. The zero-order valence-corrected chi connectivity index (χ0v) is 12.2. The van der Waals surface area contributed by atoms with Gasteiger partial charge in [0.15, 0.2) is 0 Å². The van der Waals surface area contributed by atoms with Gasteiger partial charge in [0.2, 0.25) is 5.91 Å². The summed E-state index contributed by atoms with van der Waals surface area (Å²) in [6.07, 6.45) is 5.14. The van der Waals surface area contributed by atoms with Gasteiger partial charge in [-0.15, -0.1) is 0 Å². The molecule has 0 spiro atoms. The molecule has 0 aromatic heterocycles. The molecule has 0 fully saturated rings. The van der Waals surface area contributed by atoms with Crippen LogP contribution in [-0.4, -0.2) is 36.8 Å². The van der Waals surface area contributed by atoms with Crippen LogP contribution in [0.1, 0.15) is 52.9 Å². The van der Waals surface area contributed by atoms with Crippen molar-refractivity contribution in [2.75, 3.05) is 19.7 Å². The van der Waals surface area contributed by atoms with Gasteiger partial charge in [-0.1, -0.05) is 26.7 Å². The van der Waals surface area contributed by atoms with E-state index in [0.29, 0.717) is 5.92 Å². The first-order chi connectivity index (χ1) is 8.65. The Kier molecular flexibility index (Phi) is 11.1. The first-order valence-electron chi connectivity index (χ1n) is 7.27. The first-order valence-corrected chi connectivity index (χ1v) is 7.27. The molecule has 0 rings (SSSR count). The van der Waals surface area contributed by atoms with Crippen molar-refractivity contribution in [3.8, 4) is 0 Å². The van der Waals surface area contributed by atoms with Crippen LogP contribution in [0.15, 0.2) is 0 Å². The Labute approximate surface area is 112 Å². The average molecular weight is 258 g/mol. The van der Waals surface area contributed by atoms with E-state index in [9.17, 15) is 4.79 Å². The number of unbranched alkanes of at least 4 members (excludes halogenated alkanes) is 1. The molecule has 0 aliphatic carbocycles. The number of amides is 1. The maximum Gasteiger partial charge on any atom is 0.236 e. The summed E-state index contributed by atoms with van der Waals surface area (Å²) in [6.45, 7) is 7.93. The number of carbonyl (C=O) groups is 1. The van der Waals surface area contributed by atoms with Gasteiger partial charge in [0.1, 0.15) is 0 Å². The predicted octanol–water partition coefficient (Wildman–Crippen LogP) is 1.68. The smallest absolute Gasteiger partial charge is 0.236 e. The number of hydrogen-bond acceptors (Lipinski definition) is 3. The van der Waals surface area contributed by atoms with Crippen molar-refractivity contribution in [1.29, 1.82) is 0 Å². The maximum atomic E-state index is 11.7. The van der Waals surface area contributed by atoms with Crippen LogP contribution in [0.25, 0.3) is 0 Å². The molecule has 0 aliphatic heterocycles. The summed E-state index contributed by atoms with van der Waals surface area (Å²) >= 11 is 0. The zero-order valence-electron chi connectivity index (χ0n) is 12.2. The van der Waals surface area contributed by atoms with E-state index in [0.717, 1.165) is 45.2 Å². The molecule has 0 aliphatic rings. The van der Waals surface area contributed by atoms with E-state index in [2.05, 4.69) is 24.5 Å². The molecule has 4 heteroatoms. The lowest BCUT2D eigenvalue weighted by atomic mass is 10.00. The molecule has 2 unspecified atom stereocenters. The number of hydrogen-bond donors (Lipinski definition) is 3. The van der Waals surface area contributed by atoms with Crippen molar-refractivity contribution in [3.05, 3.63) is 0 Å². The quantitative estimate of drug-likeness (QED) is 0.494. The van der Waals surface area contributed by atoms with Gasteiger partial charge in [-0.25, -0.2) is 0 Å². The van der Waals surface area contributed by atoms with Crippen LogP contribution >= 0.6 is 0 Å². The number of rotatable bonds is 11. The molecule has 0 heterocycles. The monoisotopic (exact) mass is 258 g/mol. The normalized spacial score (nSPS) is 14.2. The second-order valence-corrected chi connectivity index (χ2v) is 4.94. The number of aliphatic hydroxyl groups is 1. The SMILES string of the molecule is CCCCNC(=O)C(C)NCC(CCC)CCO. The third-order valence-corrected chi connectivity index (χ3v) is 3.17. The van der Waals surface area contributed by atoms with Gasteiger partial charge < -0.3 is 15.7 Å². The molecule has 0 saturated heterocycles. The van der Waals surface area contributed by atoms with Crippen LogP contribution in [0.3, 0.4) is 0 Å². The van der Waals surface area contributed by atoms with Gasteiger partial charge in [0, 0.05) is 13.2 Å². The minimum Gasteiger partial charge on any atom is -0.396 e. The number of aliphatic hydroxyl groups excluding tert-OH is 1. The van der Waals surface area contributed by atoms with Crippen LogP contribution in [0.2, 0.25) is 0 Å². The molecule has 2 atom stereocenters. The Morgan fingerprint density at radius 3 is 2.50 bits per heavy atom. The first kappa shape index (κ1) is 17.4. The van der Waals surface area contributed by atoms with Crippen LogP contribution < -0.4 is 10.6 Å². The van der Waals surface area contributed by atoms with E-state index >= 15 is 0 Å². The Morgan fingerprint density at radius 1 is 1.22 bits per heavy atom. The van der Waals surface area contributed by atoms with E-state index in [1.165, 1.54) is 0 Å². The van der Waals surface area contributed by atoms with Crippen molar-refractivity contribution in [2.24, 2.45) is 5.92 Å². The maximum absolute atomic E-state index is 11.7. The fourth-order valence-corrected chi connectivity index (χ4v) is 1.92. The summed E-state index contributed by atoms with van der Waals surface area (Å²) in [5, 5.41) is 15.2. The second-order valence-electron chi connectivity index (χ2n) is 4.94. The van der Waals surface area contributed by atoms with Crippen molar-refractivity contribution >= 4 is 5.91 Å². The van der Waals surface area contributed by atoms with Crippen molar-refractivity contribution in [3.63, 3.8) is 0 Å². The highest BCUT2D eigenvalue weighted by atomic mass is 16.3. The minimum absolute atomic E-state index is 0.0719. The molecule has 3 N–H and O–H groups in total. The lowest BCUT2D eigenvalue weighted by Crippen LogP contribution is -2.44. The standard InChI is InChI=1S/C14H30N2O2/c1-4-6-9-15-14(18)12(3)16-11-13(7-5-2)8-10-17/h12-13,16-17H,4-11H2,1-3H3,(H,15,18). The minimum atomic E-state index is -0.153. The fraction of sp³-hybridized carbons (Fsp3) is 0.929. The summed E-state index contributed by atoms with van der Waals surface area (Å²) in [7, 11) is 0. The second kappa shape index (κ2) is 11.5. The largest absolute Gasteiger partial charge is 0.396 e. The number of carbonyl (C=O) groups excluding carboxylic acids is 1. The molecule has 0 saturated carbocycles. The van der Waals surface area contributed by atoms with Crippen molar-refractivity contribution in [2.45, 2.75) is 58.9 Å². The lowest BCUT2D eigenvalue weighted by Gasteiger charge is -2.19. The van der Waals surface area contributed by atoms with Gasteiger partial charge in [0.25, 0.3) is 0 Å². The molecule has 1 amide bonds. The summed E-state index contributed by atoms with van der Waals surface area (Å²) in [5.74, 6) is 0.536. The van der Waals surface area contributed by atoms with Crippen LogP contribution in [0.5, 0.6) is 0 Å². The van der Waals surface area contributed by atoms with E-state index in [1.807, 2.05) is 6.92 Å². The average Bonchev–Trinajstić information content (AvgIpc) is 2.36. The number of nitrogens with one attached hydrogen (secondary N) is 2. The van der Waals surface area contributed by atoms with E-state index in [4.69, 9.17) is 5.11 Å². The molecule has 0 radical (unpaired) electrons. The van der Waals surface area contributed by atoms with E-state index in [-0.39, 0.29) is 18.6 Å². The molecule has 18 heavy (non-hydrogen) atoms. The topological polar surface area (TPSA) is 61.4 Å². The third kappa shape index (κ3) is 8.48. The zero-order chi connectivity index (χ0) is 13.8. The predicted molar refractivity (Wildman–Crippen MR) is 75.5 cm³/mol. The summed E-state index contributed by atoms with van der Waals surface area (Å²) in [5.41, 5.74) is 0. The van der Waals surface area contributed by atoms with Crippen molar-refractivity contribution < 1.29 is 9.90 Å². The highest BCUT2D eigenvalue weighted by molar-refractivity contribution is 5.81. The van der Waals surface area contributed by atoms with E-state index in [1.54, 1.807) is 0 Å². The Bertz CT molecular complexity index is 204. The van der Waals surface area contributed by atoms with Gasteiger partial charge in [0.05, 0.1) is 6.04 Å². The van der Waals surface area contributed by atoms with E-state index < -0.39 is 0 Å². The van der Waals surface area contributed by atoms with Gasteiger partial charge in [-0.2, -0.15) is 0 Å². The molecule has 0 aromatic carbocycles. The summed E-state index contributed by atoms with van der Waals surface area (Å²) in [4.78, 5) is 11.7. The van der Waals surface area contributed by atoms with Gasteiger partial charge in [-0.3, -0.25) is 4.79 Å². The summed E-state index contributed by atoms with van der Waals surface area (Å²) < 4.78 is 0. The molecular weight excluding hydrogens is 228 g/mol. The Hall–Kier alpha value is -0.610. The molecule has 4 nitrogen and oxygen atoms in total.